The molecule has 8 heteroatoms. The van der Waals surface area contributed by atoms with E-state index in [1.54, 1.807) is 85.8 Å². The lowest BCUT2D eigenvalue weighted by molar-refractivity contribution is -0.114. The molecule has 4 aromatic rings. The molecule has 0 aromatic heterocycles. The lowest BCUT2D eigenvalue weighted by Crippen LogP contribution is -2.38. The molecule has 0 fully saturated rings. The predicted octanol–water partition coefficient (Wildman–Crippen LogP) is 5.71. The zero-order valence-electron chi connectivity index (χ0n) is 19.4. The van der Waals surface area contributed by atoms with Gasteiger partial charge in [0.25, 0.3) is 10.0 Å². The number of para-hydroxylation sites is 1. The molecule has 0 aliphatic carbocycles. The van der Waals surface area contributed by atoms with Crippen molar-refractivity contribution in [3.05, 3.63) is 125 Å². The fourth-order valence-corrected chi connectivity index (χ4v) is 5.42. The van der Waals surface area contributed by atoms with E-state index in [0.29, 0.717) is 21.8 Å². The Morgan fingerprint density at radius 2 is 1.44 bits per heavy atom. The number of rotatable bonds is 8. The molecule has 182 valence electrons. The summed E-state index contributed by atoms with van der Waals surface area (Å²) in [6.07, 6.45) is 0. The highest BCUT2D eigenvalue weighted by molar-refractivity contribution is 7.92. The highest BCUT2D eigenvalue weighted by Gasteiger charge is 2.28. The molecule has 0 spiro atoms. The Balaban J connectivity index is 1.68. The number of ketones is 1. The van der Waals surface area contributed by atoms with Crippen molar-refractivity contribution < 1.29 is 18.0 Å². The van der Waals surface area contributed by atoms with Crippen molar-refractivity contribution in [2.45, 2.75) is 11.8 Å². The Morgan fingerprint density at radius 3 is 2.11 bits per heavy atom. The number of nitrogens with one attached hydrogen (secondary N) is 1. The summed E-state index contributed by atoms with van der Waals surface area (Å²) in [5.41, 5.74) is 1.95. The van der Waals surface area contributed by atoms with E-state index in [4.69, 9.17) is 11.6 Å². The summed E-state index contributed by atoms with van der Waals surface area (Å²) in [5, 5.41) is 3.04. The molecule has 0 unspecified atom stereocenters. The van der Waals surface area contributed by atoms with E-state index in [0.717, 1.165) is 4.31 Å². The lowest BCUT2D eigenvalue weighted by atomic mass is 10.0. The van der Waals surface area contributed by atoms with Crippen molar-refractivity contribution in [3.8, 4) is 0 Å². The van der Waals surface area contributed by atoms with Crippen molar-refractivity contribution >= 4 is 44.7 Å². The van der Waals surface area contributed by atoms with Crippen LogP contribution in [0.25, 0.3) is 0 Å². The summed E-state index contributed by atoms with van der Waals surface area (Å²) in [7, 11) is -4.06. The monoisotopic (exact) mass is 518 g/mol. The van der Waals surface area contributed by atoms with E-state index in [1.807, 2.05) is 0 Å². The van der Waals surface area contributed by atoms with E-state index >= 15 is 0 Å². The van der Waals surface area contributed by atoms with E-state index < -0.39 is 22.5 Å². The van der Waals surface area contributed by atoms with Crippen LogP contribution in [0.2, 0.25) is 5.02 Å². The van der Waals surface area contributed by atoms with Gasteiger partial charge in [0.2, 0.25) is 5.91 Å². The largest absolute Gasteiger partial charge is 0.324 e. The first-order valence-corrected chi connectivity index (χ1v) is 12.9. The van der Waals surface area contributed by atoms with Crippen molar-refractivity contribution in [1.29, 1.82) is 0 Å². The topological polar surface area (TPSA) is 83.6 Å². The Labute approximate surface area is 215 Å². The summed E-state index contributed by atoms with van der Waals surface area (Å²) in [6, 6.07) is 28.0. The normalized spacial score (nSPS) is 11.1. The number of sulfonamides is 1. The number of amides is 1. The van der Waals surface area contributed by atoms with Gasteiger partial charge in [-0.25, -0.2) is 8.42 Å². The minimum atomic E-state index is -4.06. The second-order valence-corrected chi connectivity index (χ2v) is 10.3. The van der Waals surface area contributed by atoms with Gasteiger partial charge in [0, 0.05) is 16.1 Å². The fraction of sp³-hybridized carbons (Fsp3) is 0.0714. The second-order valence-electron chi connectivity index (χ2n) is 8.04. The number of carbonyl (C=O) groups is 2. The van der Waals surface area contributed by atoms with Crippen LogP contribution >= 0.6 is 11.6 Å². The lowest BCUT2D eigenvalue weighted by Gasteiger charge is -2.25. The van der Waals surface area contributed by atoms with Crippen molar-refractivity contribution in [2.75, 3.05) is 16.2 Å². The number of benzene rings is 4. The Morgan fingerprint density at radius 1 is 0.833 bits per heavy atom. The van der Waals surface area contributed by atoms with Crippen LogP contribution in [-0.4, -0.2) is 26.7 Å². The van der Waals surface area contributed by atoms with Crippen LogP contribution in [0.4, 0.5) is 11.4 Å². The van der Waals surface area contributed by atoms with Gasteiger partial charge in [-0.3, -0.25) is 13.9 Å². The minimum absolute atomic E-state index is 0.0625. The maximum absolute atomic E-state index is 13.6. The molecule has 0 aliphatic rings. The molecule has 1 N–H and O–H groups in total. The van der Waals surface area contributed by atoms with E-state index in [1.165, 1.54) is 24.3 Å². The summed E-state index contributed by atoms with van der Waals surface area (Å²) in [6.45, 7) is 1.28. The molecule has 36 heavy (non-hydrogen) atoms. The molecule has 0 bridgehead atoms. The van der Waals surface area contributed by atoms with Crippen LogP contribution in [0.1, 0.15) is 21.5 Å². The molecule has 6 nitrogen and oxygen atoms in total. The molecule has 0 atom stereocenters. The van der Waals surface area contributed by atoms with Gasteiger partial charge in [0.1, 0.15) is 6.54 Å². The number of carbonyl (C=O) groups excluding carboxylic acids is 2. The SMILES string of the molecule is Cc1ccccc1N(CC(=O)Nc1ccc(Cl)cc1C(=O)c1ccccc1)S(=O)(=O)c1ccccc1. The number of nitrogens with zero attached hydrogens (tertiary/aromatic N) is 1. The molecular weight excluding hydrogens is 496 g/mol. The van der Waals surface area contributed by atoms with Gasteiger partial charge in [0.15, 0.2) is 5.78 Å². The van der Waals surface area contributed by atoms with Crippen LogP contribution in [0.3, 0.4) is 0 Å². The van der Waals surface area contributed by atoms with Crippen molar-refractivity contribution in [2.24, 2.45) is 0 Å². The van der Waals surface area contributed by atoms with Gasteiger partial charge >= 0.3 is 0 Å². The van der Waals surface area contributed by atoms with E-state index in [2.05, 4.69) is 5.32 Å². The van der Waals surface area contributed by atoms with Gasteiger partial charge < -0.3 is 5.32 Å². The van der Waals surface area contributed by atoms with Gasteiger partial charge in [-0.2, -0.15) is 0 Å². The number of halogens is 1. The Hall–Kier alpha value is -3.94. The quantitative estimate of drug-likeness (QED) is 0.303. The first kappa shape index (κ1) is 25.2. The third-order valence-electron chi connectivity index (χ3n) is 5.54. The number of hydrogen-bond donors (Lipinski definition) is 1. The smallest absolute Gasteiger partial charge is 0.264 e. The van der Waals surface area contributed by atoms with Crippen LogP contribution in [0.5, 0.6) is 0 Å². The highest BCUT2D eigenvalue weighted by Crippen LogP contribution is 2.28. The average molecular weight is 519 g/mol. The molecule has 1 amide bonds. The zero-order chi connectivity index (χ0) is 25.7. The fourth-order valence-electron chi connectivity index (χ4n) is 3.74. The standard InChI is InChI=1S/C28H23ClN2O4S/c1-20-10-8-9-15-26(20)31(36(34,35)23-13-6-3-7-14-23)19-27(32)30-25-17-16-22(29)18-24(25)28(33)21-11-4-2-5-12-21/h2-18H,19H2,1H3,(H,30,32). The molecule has 0 saturated carbocycles. The van der Waals surface area contributed by atoms with Crippen LogP contribution in [0, 0.1) is 6.92 Å². The van der Waals surface area contributed by atoms with Crippen LogP contribution in [0.15, 0.2) is 108 Å². The third kappa shape index (κ3) is 5.48. The van der Waals surface area contributed by atoms with Gasteiger partial charge in [0.05, 0.1) is 16.3 Å². The molecule has 0 heterocycles. The van der Waals surface area contributed by atoms with Crippen LogP contribution in [-0.2, 0) is 14.8 Å². The summed E-state index contributed by atoms with van der Waals surface area (Å²) >= 11 is 6.14. The summed E-state index contributed by atoms with van der Waals surface area (Å²) < 4.78 is 28.2. The Kier molecular flexibility index (Phi) is 7.52. The molecule has 0 radical (unpaired) electrons. The third-order valence-corrected chi connectivity index (χ3v) is 7.55. The van der Waals surface area contributed by atoms with Gasteiger partial charge in [-0.05, 0) is 48.9 Å². The van der Waals surface area contributed by atoms with Crippen molar-refractivity contribution in [1.82, 2.24) is 0 Å². The molecule has 0 saturated heterocycles. The van der Waals surface area contributed by atoms with Gasteiger partial charge in [-0.15, -0.1) is 0 Å². The Bertz CT molecular complexity index is 1510. The molecular formula is C28H23ClN2O4S. The van der Waals surface area contributed by atoms with E-state index in [-0.39, 0.29) is 21.9 Å². The summed E-state index contributed by atoms with van der Waals surface area (Å²) in [5.74, 6) is -0.928. The second kappa shape index (κ2) is 10.8. The predicted molar refractivity (Wildman–Crippen MR) is 142 cm³/mol. The highest BCUT2D eigenvalue weighted by atomic mass is 35.5. The molecule has 0 aliphatic heterocycles. The first-order chi connectivity index (χ1) is 17.3. The average Bonchev–Trinajstić information content (AvgIpc) is 2.89. The maximum atomic E-state index is 13.6. The number of anilines is 2. The van der Waals surface area contributed by atoms with E-state index in [9.17, 15) is 18.0 Å². The van der Waals surface area contributed by atoms with Gasteiger partial charge in [-0.1, -0.05) is 78.3 Å². The molecule has 4 rings (SSSR count). The minimum Gasteiger partial charge on any atom is -0.324 e. The number of hydrogen-bond acceptors (Lipinski definition) is 4. The first-order valence-electron chi connectivity index (χ1n) is 11.1. The summed E-state index contributed by atoms with van der Waals surface area (Å²) in [4.78, 5) is 26.4. The number of aryl methyl sites for hydroxylation is 1. The molecule has 4 aromatic carbocycles. The maximum Gasteiger partial charge on any atom is 0.264 e. The van der Waals surface area contributed by atoms with Crippen molar-refractivity contribution in [3.63, 3.8) is 0 Å². The zero-order valence-corrected chi connectivity index (χ0v) is 21.0. The van der Waals surface area contributed by atoms with Crippen LogP contribution < -0.4 is 9.62 Å².